The second-order valence-corrected chi connectivity index (χ2v) is 11.1. The van der Waals surface area contributed by atoms with E-state index in [-0.39, 0.29) is 10.8 Å². The molecule has 0 bridgehead atoms. The molecular weight excluding hydrogens is 318 g/mol. The number of nitrogens with one attached hydrogen (secondary N) is 1. The van der Waals surface area contributed by atoms with Gasteiger partial charge in [-0.25, -0.2) is 21.6 Å². The quantitative estimate of drug-likeness (QED) is 0.854. The Kier molecular flexibility index (Phi) is 4.49. The minimum atomic E-state index is -3.75. The highest BCUT2D eigenvalue weighted by molar-refractivity contribution is 8.15. The first-order chi connectivity index (χ1) is 7.93. The van der Waals surface area contributed by atoms with Crippen LogP contribution in [0.3, 0.4) is 0 Å². The van der Waals surface area contributed by atoms with Crippen molar-refractivity contribution < 1.29 is 16.8 Å². The van der Waals surface area contributed by atoms with Gasteiger partial charge in [0.1, 0.15) is 4.21 Å². The lowest BCUT2D eigenvalue weighted by atomic mass is 10.3. The summed E-state index contributed by atoms with van der Waals surface area (Å²) in [5.41, 5.74) is 0. The van der Waals surface area contributed by atoms with Crippen LogP contribution >= 0.6 is 22.0 Å². The molecule has 1 rings (SSSR count). The van der Waals surface area contributed by atoms with E-state index in [0.717, 1.165) is 11.3 Å². The molecule has 0 radical (unpaired) electrons. The summed E-state index contributed by atoms with van der Waals surface area (Å²) in [7, 11) is -2.02. The van der Waals surface area contributed by atoms with Crippen molar-refractivity contribution in [3.63, 3.8) is 0 Å². The monoisotopic (exact) mass is 331 g/mol. The Hall–Kier alpha value is -0.150. The van der Waals surface area contributed by atoms with Crippen molar-refractivity contribution in [2.45, 2.75) is 36.3 Å². The molecule has 0 saturated heterocycles. The molecule has 104 valence electrons. The Morgan fingerprint density at radius 2 is 1.78 bits per heavy atom. The van der Waals surface area contributed by atoms with Gasteiger partial charge in [0.25, 0.3) is 9.05 Å². The molecule has 0 saturated carbocycles. The molecule has 0 atom stereocenters. The van der Waals surface area contributed by atoms with E-state index in [1.54, 1.807) is 20.8 Å². The molecule has 9 heteroatoms. The van der Waals surface area contributed by atoms with Gasteiger partial charge < -0.3 is 0 Å². The van der Waals surface area contributed by atoms with Gasteiger partial charge in [0.15, 0.2) is 0 Å². The van der Waals surface area contributed by atoms with Crippen LogP contribution in [-0.2, 0) is 25.6 Å². The van der Waals surface area contributed by atoms with Gasteiger partial charge in [-0.1, -0.05) is 0 Å². The molecule has 18 heavy (non-hydrogen) atoms. The fraction of sp³-hybridized carbons (Fsp3) is 0.556. The first-order valence-electron chi connectivity index (χ1n) is 4.96. The molecule has 1 aromatic rings. The summed E-state index contributed by atoms with van der Waals surface area (Å²) < 4.78 is 47.2. The maximum atomic E-state index is 11.8. The molecule has 1 N–H and O–H groups in total. The molecule has 0 aliphatic rings. The van der Waals surface area contributed by atoms with Crippen molar-refractivity contribution in [1.29, 1.82) is 0 Å². The van der Waals surface area contributed by atoms with Crippen molar-refractivity contribution in [2.75, 3.05) is 0 Å². The molecular formula is C9H14ClNO4S3. The van der Waals surface area contributed by atoms with E-state index < -0.39 is 23.8 Å². The van der Waals surface area contributed by atoms with Crippen molar-refractivity contribution in [2.24, 2.45) is 0 Å². The highest BCUT2D eigenvalue weighted by Gasteiger charge is 2.28. The first-order valence-corrected chi connectivity index (χ1v) is 9.57. The van der Waals surface area contributed by atoms with Gasteiger partial charge >= 0.3 is 0 Å². The molecule has 1 heterocycles. The number of rotatable bonds is 4. The van der Waals surface area contributed by atoms with Gasteiger partial charge in [-0.15, -0.1) is 11.3 Å². The van der Waals surface area contributed by atoms with Gasteiger partial charge in [0.2, 0.25) is 10.0 Å². The topological polar surface area (TPSA) is 80.3 Å². The van der Waals surface area contributed by atoms with Crippen LogP contribution < -0.4 is 4.72 Å². The minimum absolute atomic E-state index is 0.00845. The fourth-order valence-corrected chi connectivity index (χ4v) is 3.90. The number of hydrogen-bond donors (Lipinski definition) is 1. The fourth-order valence-electron chi connectivity index (χ4n) is 0.967. The van der Waals surface area contributed by atoms with Gasteiger partial charge in [-0.3, -0.25) is 0 Å². The molecule has 0 aromatic carbocycles. The zero-order valence-electron chi connectivity index (χ0n) is 10.1. The SMILES string of the molecule is CC(C)(C)S(=O)(=O)NCc1ccc(S(=O)(=O)Cl)s1. The van der Waals surface area contributed by atoms with Crippen LogP contribution in [-0.4, -0.2) is 21.6 Å². The maximum Gasteiger partial charge on any atom is 0.270 e. The van der Waals surface area contributed by atoms with Gasteiger partial charge in [0.05, 0.1) is 4.75 Å². The van der Waals surface area contributed by atoms with Crippen LogP contribution in [0, 0.1) is 0 Å². The summed E-state index contributed by atoms with van der Waals surface area (Å²) in [5.74, 6) is 0. The average Bonchev–Trinajstić information content (AvgIpc) is 2.60. The third kappa shape index (κ3) is 3.92. The van der Waals surface area contributed by atoms with E-state index in [2.05, 4.69) is 4.72 Å². The smallest absolute Gasteiger partial charge is 0.212 e. The lowest BCUT2D eigenvalue weighted by molar-refractivity contribution is 0.545. The maximum absolute atomic E-state index is 11.8. The number of thiophene rings is 1. The summed E-state index contributed by atoms with van der Waals surface area (Å²) in [6, 6.07) is 2.89. The Bertz CT molecular complexity index is 625. The van der Waals surface area contributed by atoms with E-state index in [0.29, 0.717) is 4.88 Å². The largest absolute Gasteiger partial charge is 0.270 e. The molecule has 0 unspecified atom stereocenters. The number of halogens is 1. The molecule has 5 nitrogen and oxygen atoms in total. The average molecular weight is 332 g/mol. The van der Waals surface area contributed by atoms with E-state index >= 15 is 0 Å². The Morgan fingerprint density at radius 3 is 2.17 bits per heavy atom. The van der Waals surface area contributed by atoms with Crippen molar-refractivity contribution >= 4 is 41.1 Å². The molecule has 1 aromatic heterocycles. The Balaban J connectivity index is 2.81. The third-order valence-corrected chi connectivity index (χ3v) is 7.43. The van der Waals surface area contributed by atoms with Gasteiger partial charge in [-0.05, 0) is 32.9 Å². The molecule has 0 fully saturated rings. The molecule has 0 spiro atoms. The summed E-state index contributed by atoms with van der Waals surface area (Å²) >= 11 is 0.944. The zero-order valence-corrected chi connectivity index (χ0v) is 13.3. The lowest BCUT2D eigenvalue weighted by Gasteiger charge is -2.19. The van der Waals surface area contributed by atoms with Crippen LogP contribution in [0.5, 0.6) is 0 Å². The predicted octanol–water partition coefficient (Wildman–Crippen LogP) is 1.89. The minimum Gasteiger partial charge on any atom is -0.212 e. The van der Waals surface area contributed by atoms with Gasteiger partial charge in [-0.2, -0.15) is 0 Å². The van der Waals surface area contributed by atoms with E-state index in [9.17, 15) is 16.8 Å². The zero-order chi connectivity index (χ0) is 14.2. The van der Waals surface area contributed by atoms with Crippen LogP contribution in [0.15, 0.2) is 16.3 Å². The lowest BCUT2D eigenvalue weighted by Crippen LogP contribution is -2.38. The summed E-state index contributed by atoms with van der Waals surface area (Å²) in [4.78, 5) is 0.585. The second-order valence-electron chi connectivity index (χ2n) is 4.60. The van der Waals surface area contributed by atoms with Crippen LogP contribution in [0.2, 0.25) is 0 Å². The second kappa shape index (κ2) is 5.09. The third-order valence-electron chi connectivity index (χ3n) is 2.12. The normalized spacial score (nSPS) is 13.8. The van der Waals surface area contributed by atoms with E-state index in [1.807, 2.05) is 0 Å². The van der Waals surface area contributed by atoms with Crippen LogP contribution in [0.4, 0.5) is 0 Å². The number of sulfonamides is 1. The van der Waals surface area contributed by atoms with E-state index in [4.69, 9.17) is 10.7 Å². The number of hydrogen-bond acceptors (Lipinski definition) is 5. The van der Waals surface area contributed by atoms with Gasteiger partial charge in [0, 0.05) is 22.1 Å². The molecule has 0 amide bonds. The highest BCUT2D eigenvalue weighted by Crippen LogP contribution is 2.25. The Labute approximate surface area is 116 Å². The summed E-state index contributed by atoms with van der Waals surface area (Å²) in [6.07, 6.45) is 0. The summed E-state index contributed by atoms with van der Waals surface area (Å²) in [6.45, 7) is 4.80. The van der Waals surface area contributed by atoms with Crippen LogP contribution in [0.25, 0.3) is 0 Å². The highest BCUT2D eigenvalue weighted by atomic mass is 35.7. The van der Waals surface area contributed by atoms with E-state index in [1.165, 1.54) is 12.1 Å². The predicted molar refractivity (Wildman–Crippen MR) is 72.9 cm³/mol. The van der Waals surface area contributed by atoms with Crippen LogP contribution in [0.1, 0.15) is 25.6 Å². The first kappa shape index (κ1) is 15.9. The molecule has 0 aliphatic heterocycles. The van der Waals surface area contributed by atoms with Crippen molar-refractivity contribution in [3.8, 4) is 0 Å². The standard InChI is InChI=1S/C9H14ClNO4S3/c1-9(2,3)18(14,15)11-6-7-4-5-8(16-7)17(10,12)13/h4-5,11H,6H2,1-3H3. The Morgan fingerprint density at radius 1 is 1.22 bits per heavy atom. The summed E-state index contributed by atoms with van der Waals surface area (Å²) in [5, 5.41) is 0. The molecule has 0 aliphatic carbocycles. The van der Waals surface area contributed by atoms with Crippen molar-refractivity contribution in [3.05, 3.63) is 17.0 Å². The van der Waals surface area contributed by atoms with Crippen molar-refractivity contribution in [1.82, 2.24) is 4.72 Å².